The van der Waals surface area contributed by atoms with E-state index in [0.717, 1.165) is 38.0 Å². The molecule has 4 rings (SSSR count). The Morgan fingerprint density at radius 2 is 2.13 bits per heavy atom. The van der Waals surface area contributed by atoms with Gasteiger partial charge in [-0.15, -0.1) is 11.3 Å². The molecule has 160 valence electrons. The highest BCUT2D eigenvalue weighted by atomic mass is 35.5. The average molecular weight is 449 g/mol. The first-order valence-corrected chi connectivity index (χ1v) is 11.5. The number of rotatable bonds is 6. The van der Waals surface area contributed by atoms with Crippen LogP contribution in [-0.2, 0) is 9.53 Å². The zero-order valence-corrected chi connectivity index (χ0v) is 18.2. The maximum atomic E-state index is 12.9. The molecule has 0 unspecified atom stereocenters. The second kappa shape index (κ2) is 9.76. The zero-order chi connectivity index (χ0) is 20.9. The van der Waals surface area contributed by atoms with Gasteiger partial charge in [0, 0.05) is 31.6 Å². The van der Waals surface area contributed by atoms with Gasteiger partial charge in [-0.25, -0.2) is 4.98 Å². The highest BCUT2D eigenvalue weighted by Crippen LogP contribution is 2.27. The molecule has 7 nitrogen and oxygen atoms in total. The molecule has 2 aliphatic heterocycles. The van der Waals surface area contributed by atoms with Crippen molar-refractivity contribution < 1.29 is 14.3 Å². The fourth-order valence-electron chi connectivity index (χ4n) is 3.81. The third-order valence-electron chi connectivity index (χ3n) is 5.45. The van der Waals surface area contributed by atoms with Gasteiger partial charge in [-0.05, 0) is 37.8 Å². The summed E-state index contributed by atoms with van der Waals surface area (Å²) >= 11 is 7.52. The van der Waals surface area contributed by atoms with Gasteiger partial charge in [0.25, 0.3) is 5.91 Å². The molecule has 2 aliphatic rings. The molecule has 2 N–H and O–H groups in total. The Hall–Kier alpha value is -2.16. The minimum absolute atomic E-state index is 0.00218. The van der Waals surface area contributed by atoms with E-state index in [4.69, 9.17) is 16.3 Å². The standard InChI is InChI=1S/C21H25ClN4O3S/c22-16-7-1-2-8-17(16)24-21-25-18(13-30-21)20(28)26-9-3-5-14(12-26)19(27)23-11-15-6-4-10-29-15/h1-2,7-8,13-15H,3-6,9-12H2,(H,23,27)(H,24,25)/t14-,15+/m1/s1. The number of aromatic nitrogens is 1. The Kier molecular flexibility index (Phi) is 6.86. The van der Waals surface area contributed by atoms with Crippen LogP contribution in [0.25, 0.3) is 0 Å². The lowest BCUT2D eigenvalue weighted by molar-refractivity contribution is -0.126. The number of nitrogens with zero attached hydrogens (tertiary/aromatic N) is 2. The van der Waals surface area contributed by atoms with E-state index in [2.05, 4.69) is 15.6 Å². The first-order valence-electron chi connectivity index (χ1n) is 10.3. The number of halogens is 1. The van der Waals surface area contributed by atoms with E-state index in [1.807, 2.05) is 18.2 Å². The predicted octanol–water partition coefficient (Wildman–Crippen LogP) is 3.69. The van der Waals surface area contributed by atoms with Crippen LogP contribution in [0.15, 0.2) is 29.6 Å². The van der Waals surface area contributed by atoms with Crippen LogP contribution >= 0.6 is 22.9 Å². The molecule has 0 spiro atoms. The predicted molar refractivity (Wildman–Crippen MR) is 117 cm³/mol. The Bertz CT molecular complexity index is 900. The van der Waals surface area contributed by atoms with Crippen molar-refractivity contribution in [3.8, 4) is 0 Å². The van der Waals surface area contributed by atoms with Gasteiger partial charge in [0.05, 0.1) is 22.7 Å². The SMILES string of the molecule is O=C(NC[C@@H]1CCCO1)[C@@H]1CCCN(C(=O)c2csc(Nc3ccccc3Cl)n2)C1. The van der Waals surface area contributed by atoms with Gasteiger partial charge in [-0.3, -0.25) is 9.59 Å². The molecule has 2 saturated heterocycles. The number of amides is 2. The molecule has 30 heavy (non-hydrogen) atoms. The topological polar surface area (TPSA) is 83.6 Å². The van der Waals surface area contributed by atoms with Crippen LogP contribution in [-0.4, -0.2) is 54.0 Å². The van der Waals surface area contributed by atoms with Crippen LogP contribution in [0.1, 0.15) is 36.2 Å². The van der Waals surface area contributed by atoms with E-state index in [9.17, 15) is 9.59 Å². The van der Waals surface area contributed by atoms with Crippen molar-refractivity contribution in [2.45, 2.75) is 31.8 Å². The van der Waals surface area contributed by atoms with Crippen LogP contribution < -0.4 is 10.6 Å². The lowest BCUT2D eigenvalue weighted by Gasteiger charge is -2.31. The number of thiazole rings is 1. The van der Waals surface area contributed by atoms with Crippen molar-refractivity contribution in [3.05, 3.63) is 40.4 Å². The van der Waals surface area contributed by atoms with Gasteiger partial charge >= 0.3 is 0 Å². The van der Waals surface area contributed by atoms with Crippen LogP contribution in [0.2, 0.25) is 5.02 Å². The number of para-hydroxylation sites is 1. The van der Waals surface area contributed by atoms with Gasteiger partial charge in [0.2, 0.25) is 5.91 Å². The molecule has 0 radical (unpaired) electrons. The quantitative estimate of drug-likeness (QED) is 0.704. The van der Waals surface area contributed by atoms with Gasteiger partial charge in [0.15, 0.2) is 5.13 Å². The van der Waals surface area contributed by atoms with Gasteiger partial charge in [-0.2, -0.15) is 0 Å². The number of ether oxygens (including phenoxy) is 1. The Morgan fingerprint density at radius 1 is 1.27 bits per heavy atom. The molecular weight excluding hydrogens is 424 g/mol. The van der Waals surface area contributed by atoms with Crippen molar-refractivity contribution >= 4 is 45.6 Å². The Labute approximate surface area is 184 Å². The highest BCUT2D eigenvalue weighted by molar-refractivity contribution is 7.14. The highest BCUT2D eigenvalue weighted by Gasteiger charge is 2.30. The van der Waals surface area contributed by atoms with E-state index < -0.39 is 0 Å². The summed E-state index contributed by atoms with van der Waals surface area (Å²) in [5.74, 6) is -0.333. The van der Waals surface area contributed by atoms with Crippen molar-refractivity contribution in [2.24, 2.45) is 5.92 Å². The molecule has 3 heterocycles. The number of benzene rings is 1. The van der Waals surface area contributed by atoms with Gasteiger partial charge in [-0.1, -0.05) is 23.7 Å². The number of piperidine rings is 1. The summed E-state index contributed by atoms with van der Waals surface area (Å²) in [4.78, 5) is 31.6. The number of carbonyl (C=O) groups is 2. The number of hydrogen-bond acceptors (Lipinski definition) is 6. The van der Waals surface area contributed by atoms with E-state index in [1.54, 1.807) is 16.3 Å². The summed E-state index contributed by atoms with van der Waals surface area (Å²) in [5, 5.41) is 9.08. The minimum atomic E-state index is -0.191. The lowest BCUT2D eigenvalue weighted by atomic mass is 9.97. The number of anilines is 2. The maximum Gasteiger partial charge on any atom is 0.273 e. The van der Waals surface area contributed by atoms with Crippen molar-refractivity contribution in [3.63, 3.8) is 0 Å². The van der Waals surface area contributed by atoms with Crippen molar-refractivity contribution in [1.82, 2.24) is 15.2 Å². The molecule has 2 amide bonds. The van der Waals surface area contributed by atoms with Crippen molar-refractivity contribution in [2.75, 3.05) is 31.6 Å². The smallest absolute Gasteiger partial charge is 0.273 e. The first-order chi connectivity index (χ1) is 14.6. The monoisotopic (exact) mass is 448 g/mol. The molecule has 1 aromatic heterocycles. The summed E-state index contributed by atoms with van der Waals surface area (Å²) in [5.41, 5.74) is 1.13. The second-order valence-corrected chi connectivity index (χ2v) is 8.88. The Morgan fingerprint density at radius 3 is 2.93 bits per heavy atom. The summed E-state index contributed by atoms with van der Waals surface area (Å²) in [7, 11) is 0. The third-order valence-corrected chi connectivity index (χ3v) is 6.53. The summed E-state index contributed by atoms with van der Waals surface area (Å²) in [6.07, 6.45) is 3.75. The lowest BCUT2D eigenvalue weighted by Crippen LogP contribution is -2.46. The molecule has 0 aliphatic carbocycles. The summed E-state index contributed by atoms with van der Waals surface area (Å²) in [6.45, 7) is 2.37. The largest absolute Gasteiger partial charge is 0.376 e. The third kappa shape index (κ3) is 5.11. The number of hydrogen-bond donors (Lipinski definition) is 2. The Balaban J connectivity index is 1.33. The van der Waals surface area contributed by atoms with E-state index in [-0.39, 0.29) is 23.8 Å². The zero-order valence-electron chi connectivity index (χ0n) is 16.6. The fourth-order valence-corrected chi connectivity index (χ4v) is 4.69. The minimum Gasteiger partial charge on any atom is -0.376 e. The number of carbonyl (C=O) groups excluding carboxylic acids is 2. The molecule has 0 bridgehead atoms. The van der Waals surface area contributed by atoms with Crippen LogP contribution in [0.3, 0.4) is 0 Å². The maximum absolute atomic E-state index is 12.9. The molecule has 2 aromatic rings. The summed E-state index contributed by atoms with van der Waals surface area (Å²) in [6, 6.07) is 7.39. The van der Waals surface area contributed by atoms with Crippen LogP contribution in [0.4, 0.5) is 10.8 Å². The first kappa shape index (κ1) is 21.1. The van der Waals surface area contributed by atoms with Crippen LogP contribution in [0.5, 0.6) is 0 Å². The van der Waals surface area contributed by atoms with Gasteiger partial charge in [0.1, 0.15) is 5.69 Å². The molecular formula is C21H25ClN4O3S. The van der Waals surface area contributed by atoms with E-state index >= 15 is 0 Å². The molecule has 9 heteroatoms. The second-order valence-electron chi connectivity index (χ2n) is 7.61. The molecule has 2 fully saturated rings. The summed E-state index contributed by atoms with van der Waals surface area (Å²) < 4.78 is 5.56. The van der Waals surface area contributed by atoms with Gasteiger partial charge < -0.3 is 20.3 Å². The fraction of sp³-hybridized carbons (Fsp3) is 0.476. The molecule has 2 atom stereocenters. The molecule has 1 aromatic carbocycles. The number of nitrogens with one attached hydrogen (secondary N) is 2. The number of likely N-dealkylation sites (tertiary alicyclic amines) is 1. The van der Waals surface area contributed by atoms with Crippen LogP contribution in [0, 0.1) is 5.92 Å². The molecule has 0 saturated carbocycles. The van der Waals surface area contributed by atoms with Crippen molar-refractivity contribution in [1.29, 1.82) is 0 Å². The average Bonchev–Trinajstić information content (AvgIpc) is 3.45. The van der Waals surface area contributed by atoms with E-state index in [0.29, 0.717) is 35.5 Å². The van der Waals surface area contributed by atoms with E-state index in [1.165, 1.54) is 11.3 Å². The normalized spacial score (nSPS) is 21.4.